The van der Waals surface area contributed by atoms with E-state index in [1.165, 1.54) is 7.11 Å². The summed E-state index contributed by atoms with van der Waals surface area (Å²) >= 11 is 0. The molecule has 1 atom stereocenters. The van der Waals surface area contributed by atoms with Crippen molar-refractivity contribution < 1.29 is 13.9 Å². The summed E-state index contributed by atoms with van der Waals surface area (Å²) in [6.45, 7) is 1.77. The van der Waals surface area contributed by atoms with Crippen molar-refractivity contribution in [1.29, 1.82) is 0 Å². The van der Waals surface area contributed by atoms with Crippen LogP contribution in [-0.4, -0.2) is 14.2 Å². The van der Waals surface area contributed by atoms with Gasteiger partial charge in [0.25, 0.3) is 0 Å². The molecule has 0 aliphatic heterocycles. The van der Waals surface area contributed by atoms with E-state index in [1.807, 2.05) is 12.1 Å². The number of hydrogen-bond donors (Lipinski definition) is 1. The zero-order chi connectivity index (χ0) is 14.8. The maximum absolute atomic E-state index is 14.4. The van der Waals surface area contributed by atoms with E-state index in [0.29, 0.717) is 5.56 Å². The number of hydrogen-bond acceptors (Lipinski definition) is 3. The third-order valence-electron chi connectivity index (χ3n) is 3.43. The van der Waals surface area contributed by atoms with Crippen LogP contribution in [0.5, 0.6) is 11.5 Å². The van der Waals surface area contributed by atoms with Crippen molar-refractivity contribution >= 4 is 0 Å². The van der Waals surface area contributed by atoms with Crippen LogP contribution in [0.15, 0.2) is 42.5 Å². The number of benzene rings is 2. The summed E-state index contributed by atoms with van der Waals surface area (Å²) in [6, 6.07) is 12.2. The van der Waals surface area contributed by atoms with Gasteiger partial charge < -0.3 is 15.2 Å². The molecule has 106 valence electrons. The molecule has 0 aliphatic rings. The lowest BCUT2D eigenvalue weighted by molar-refractivity contribution is 0.379. The summed E-state index contributed by atoms with van der Waals surface area (Å²) in [5, 5.41) is 0. The Labute approximate surface area is 118 Å². The topological polar surface area (TPSA) is 44.5 Å². The SMILES string of the molecule is COc1ccc(C(C)(N)c2cccc(OC)c2F)cc1. The first kappa shape index (κ1) is 14.3. The summed E-state index contributed by atoms with van der Waals surface area (Å²) in [6.07, 6.45) is 0. The van der Waals surface area contributed by atoms with E-state index in [0.717, 1.165) is 11.3 Å². The minimum atomic E-state index is -0.953. The fraction of sp³-hybridized carbons (Fsp3) is 0.250. The van der Waals surface area contributed by atoms with Crippen LogP contribution in [0.3, 0.4) is 0 Å². The third kappa shape index (κ3) is 2.47. The molecule has 2 aromatic rings. The van der Waals surface area contributed by atoms with Gasteiger partial charge in [-0.1, -0.05) is 24.3 Å². The largest absolute Gasteiger partial charge is 0.497 e. The molecule has 0 spiro atoms. The molecule has 0 saturated heterocycles. The second-order valence-electron chi connectivity index (χ2n) is 4.75. The van der Waals surface area contributed by atoms with Crippen LogP contribution < -0.4 is 15.2 Å². The highest BCUT2D eigenvalue weighted by Gasteiger charge is 2.28. The van der Waals surface area contributed by atoms with Crippen molar-refractivity contribution in [2.75, 3.05) is 14.2 Å². The van der Waals surface area contributed by atoms with Crippen LogP contribution in [0.2, 0.25) is 0 Å². The van der Waals surface area contributed by atoms with E-state index >= 15 is 0 Å². The summed E-state index contributed by atoms with van der Waals surface area (Å²) in [5.41, 5.74) is 6.57. The Morgan fingerprint density at radius 3 is 2.20 bits per heavy atom. The highest BCUT2D eigenvalue weighted by molar-refractivity contribution is 5.43. The highest BCUT2D eigenvalue weighted by Crippen LogP contribution is 2.32. The molecule has 0 bridgehead atoms. The Balaban J connectivity index is 2.48. The fourth-order valence-electron chi connectivity index (χ4n) is 2.16. The molecule has 0 radical (unpaired) electrons. The molecule has 3 nitrogen and oxygen atoms in total. The molecular formula is C16H18FNO2. The van der Waals surface area contributed by atoms with E-state index in [9.17, 15) is 4.39 Å². The second kappa shape index (κ2) is 5.51. The van der Waals surface area contributed by atoms with Gasteiger partial charge in [0.15, 0.2) is 11.6 Å². The first-order valence-electron chi connectivity index (χ1n) is 6.27. The van der Waals surface area contributed by atoms with Crippen molar-refractivity contribution in [3.63, 3.8) is 0 Å². The average Bonchev–Trinajstić information content (AvgIpc) is 2.47. The van der Waals surface area contributed by atoms with E-state index < -0.39 is 11.4 Å². The van der Waals surface area contributed by atoms with Crippen molar-refractivity contribution in [1.82, 2.24) is 0 Å². The van der Waals surface area contributed by atoms with E-state index in [1.54, 1.807) is 44.4 Å². The number of ether oxygens (including phenoxy) is 2. The summed E-state index contributed by atoms with van der Waals surface area (Å²) in [4.78, 5) is 0. The van der Waals surface area contributed by atoms with Gasteiger partial charge in [-0.05, 0) is 30.7 Å². The van der Waals surface area contributed by atoms with Gasteiger partial charge in [-0.15, -0.1) is 0 Å². The molecular weight excluding hydrogens is 257 g/mol. The monoisotopic (exact) mass is 275 g/mol. The number of rotatable bonds is 4. The standard InChI is InChI=1S/C16H18FNO2/c1-16(18,11-7-9-12(19-2)10-8-11)13-5-4-6-14(20-3)15(13)17/h4-10H,18H2,1-3H3. The Morgan fingerprint density at radius 2 is 1.65 bits per heavy atom. The quantitative estimate of drug-likeness (QED) is 0.932. The van der Waals surface area contributed by atoms with Gasteiger partial charge in [0, 0.05) is 5.56 Å². The lowest BCUT2D eigenvalue weighted by Gasteiger charge is -2.27. The van der Waals surface area contributed by atoms with Gasteiger partial charge >= 0.3 is 0 Å². The number of halogens is 1. The molecule has 4 heteroatoms. The molecule has 0 heterocycles. The van der Waals surface area contributed by atoms with Crippen molar-refractivity contribution in [3.8, 4) is 11.5 Å². The Kier molecular flexibility index (Phi) is 3.95. The second-order valence-corrected chi connectivity index (χ2v) is 4.75. The number of methoxy groups -OCH3 is 2. The van der Waals surface area contributed by atoms with E-state index in [2.05, 4.69) is 0 Å². The summed E-state index contributed by atoms with van der Waals surface area (Å²) in [5.74, 6) is 0.485. The first-order valence-corrected chi connectivity index (χ1v) is 6.27. The lowest BCUT2D eigenvalue weighted by atomic mass is 9.85. The zero-order valence-electron chi connectivity index (χ0n) is 11.8. The lowest BCUT2D eigenvalue weighted by Crippen LogP contribution is -2.35. The maximum Gasteiger partial charge on any atom is 0.170 e. The van der Waals surface area contributed by atoms with E-state index in [-0.39, 0.29) is 5.75 Å². The minimum absolute atomic E-state index is 0.188. The van der Waals surface area contributed by atoms with E-state index in [4.69, 9.17) is 15.2 Å². The molecule has 0 saturated carbocycles. The molecule has 2 rings (SSSR count). The summed E-state index contributed by atoms with van der Waals surface area (Å²) < 4.78 is 24.5. The number of nitrogens with two attached hydrogens (primary N) is 1. The van der Waals surface area contributed by atoms with Crippen molar-refractivity contribution in [3.05, 3.63) is 59.4 Å². The molecule has 0 fully saturated rings. The molecule has 1 unspecified atom stereocenters. The predicted octanol–water partition coefficient (Wildman–Crippen LogP) is 3.07. The van der Waals surface area contributed by atoms with Gasteiger partial charge in [0.05, 0.1) is 19.8 Å². The van der Waals surface area contributed by atoms with Gasteiger partial charge in [0.1, 0.15) is 5.75 Å². The highest BCUT2D eigenvalue weighted by atomic mass is 19.1. The van der Waals surface area contributed by atoms with Crippen LogP contribution in [0.4, 0.5) is 4.39 Å². The van der Waals surface area contributed by atoms with Crippen LogP contribution >= 0.6 is 0 Å². The van der Waals surface area contributed by atoms with Crippen molar-refractivity contribution in [2.45, 2.75) is 12.5 Å². The predicted molar refractivity (Wildman–Crippen MR) is 76.6 cm³/mol. The third-order valence-corrected chi connectivity index (χ3v) is 3.43. The smallest absolute Gasteiger partial charge is 0.170 e. The molecule has 2 N–H and O–H groups in total. The molecule has 20 heavy (non-hydrogen) atoms. The van der Waals surface area contributed by atoms with Crippen LogP contribution in [-0.2, 0) is 5.54 Å². The molecule has 2 aromatic carbocycles. The average molecular weight is 275 g/mol. The van der Waals surface area contributed by atoms with Crippen LogP contribution in [0.1, 0.15) is 18.1 Å². The first-order chi connectivity index (χ1) is 9.50. The zero-order valence-corrected chi connectivity index (χ0v) is 11.8. The molecule has 0 aromatic heterocycles. The Hall–Kier alpha value is -2.07. The normalized spacial score (nSPS) is 13.7. The van der Waals surface area contributed by atoms with Gasteiger partial charge in [-0.25, -0.2) is 4.39 Å². The molecule has 0 amide bonds. The maximum atomic E-state index is 14.4. The van der Waals surface area contributed by atoms with Gasteiger partial charge in [-0.2, -0.15) is 0 Å². The fourth-order valence-corrected chi connectivity index (χ4v) is 2.16. The summed E-state index contributed by atoms with van der Waals surface area (Å²) in [7, 11) is 3.03. The van der Waals surface area contributed by atoms with Crippen LogP contribution in [0.25, 0.3) is 0 Å². The van der Waals surface area contributed by atoms with Crippen LogP contribution in [0, 0.1) is 5.82 Å². The molecule has 0 aliphatic carbocycles. The van der Waals surface area contributed by atoms with Gasteiger partial charge in [0.2, 0.25) is 0 Å². The van der Waals surface area contributed by atoms with Gasteiger partial charge in [-0.3, -0.25) is 0 Å². The van der Waals surface area contributed by atoms with Crippen molar-refractivity contribution in [2.24, 2.45) is 5.73 Å². The Morgan fingerprint density at radius 1 is 1.00 bits per heavy atom. The Bertz CT molecular complexity index is 594. The minimum Gasteiger partial charge on any atom is -0.497 e.